The summed E-state index contributed by atoms with van der Waals surface area (Å²) in [6, 6.07) is 24.9. The van der Waals surface area contributed by atoms with Gasteiger partial charge in [-0.3, -0.25) is 9.97 Å². The Balaban J connectivity index is 1.63. The van der Waals surface area contributed by atoms with Crippen molar-refractivity contribution in [2.75, 3.05) is 0 Å². The van der Waals surface area contributed by atoms with E-state index in [2.05, 4.69) is 74.1 Å². The highest BCUT2D eigenvalue weighted by molar-refractivity contribution is 7.80. The summed E-state index contributed by atoms with van der Waals surface area (Å²) < 4.78 is 2.32. The van der Waals surface area contributed by atoms with E-state index in [0.29, 0.717) is 6.54 Å². The fourth-order valence-corrected chi connectivity index (χ4v) is 4.61. The maximum absolute atomic E-state index is 5.82. The zero-order valence-electron chi connectivity index (χ0n) is 17.2. The van der Waals surface area contributed by atoms with Crippen molar-refractivity contribution in [2.24, 2.45) is 0 Å². The van der Waals surface area contributed by atoms with Crippen molar-refractivity contribution in [1.29, 1.82) is 0 Å². The number of benzene rings is 1. The van der Waals surface area contributed by atoms with E-state index in [9.17, 15) is 0 Å². The number of aromatic nitrogens is 3. The largest absolute Gasteiger partial charge is 0.352 e. The molecule has 5 nitrogen and oxygen atoms in total. The minimum Gasteiger partial charge on any atom is -0.352 e. The monoisotopic (exact) mass is 425 g/mol. The standard InChI is InChI=1S/C25H23N5S/c1-18-10-11-22(30(18)20-7-3-2-4-8-20)24-23(21-9-5-6-14-27-21)28-25(31)29(24)17-19-12-15-26-16-13-19/h2-16,23-24H,17H2,1H3,(H,28,31). The Morgan fingerprint density at radius 3 is 2.42 bits per heavy atom. The molecule has 2 atom stereocenters. The van der Waals surface area contributed by atoms with Crippen molar-refractivity contribution >= 4 is 17.3 Å². The first-order chi connectivity index (χ1) is 15.2. The number of hydrogen-bond acceptors (Lipinski definition) is 3. The van der Waals surface area contributed by atoms with Gasteiger partial charge in [-0.15, -0.1) is 0 Å². The van der Waals surface area contributed by atoms with Gasteiger partial charge < -0.3 is 14.8 Å². The predicted octanol–water partition coefficient (Wildman–Crippen LogP) is 4.75. The van der Waals surface area contributed by atoms with Crippen LogP contribution in [0.3, 0.4) is 0 Å². The number of rotatable bonds is 5. The van der Waals surface area contributed by atoms with Crippen molar-refractivity contribution in [3.63, 3.8) is 0 Å². The lowest BCUT2D eigenvalue weighted by atomic mass is 10.0. The molecule has 0 spiro atoms. The van der Waals surface area contributed by atoms with Crippen LogP contribution >= 0.6 is 12.2 Å². The Bertz CT molecular complexity index is 1170. The van der Waals surface area contributed by atoms with Gasteiger partial charge in [0.05, 0.1) is 17.8 Å². The molecule has 5 rings (SSSR count). The molecule has 6 heteroatoms. The first-order valence-corrected chi connectivity index (χ1v) is 10.7. The normalized spacial score (nSPS) is 18.2. The summed E-state index contributed by atoms with van der Waals surface area (Å²) in [5.41, 5.74) is 5.65. The van der Waals surface area contributed by atoms with Crippen molar-refractivity contribution < 1.29 is 0 Å². The number of thiocarbonyl (C=S) groups is 1. The summed E-state index contributed by atoms with van der Waals surface area (Å²) in [6.45, 7) is 2.83. The third kappa shape index (κ3) is 3.70. The number of nitrogens with zero attached hydrogens (tertiary/aromatic N) is 4. The molecular formula is C25H23N5S. The topological polar surface area (TPSA) is 46.0 Å². The maximum Gasteiger partial charge on any atom is 0.170 e. The molecule has 0 amide bonds. The van der Waals surface area contributed by atoms with Crippen molar-refractivity contribution in [1.82, 2.24) is 24.8 Å². The molecule has 0 radical (unpaired) electrons. The van der Waals surface area contributed by atoms with Gasteiger partial charge in [0.15, 0.2) is 5.11 Å². The van der Waals surface area contributed by atoms with Crippen molar-refractivity contribution in [3.05, 3.63) is 114 Å². The van der Waals surface area contributed by atoms with Gasteiger partial charge in [0.25, 0.3) is 0 Å². The number of aryl methyl sites for hydroxylation is 1. The van der Waals surface area contributed by atoms with Crippen molar-refractivity contribution in [2.45, 2.75) is 25.6 Å². The molecule has 0 saturated carbocycles. The lowest BCUT2D eigenvalue weighted by Crippen LogP contribution is -2.30. The molecule has 4 aromatic rings. The van der Waals surface area contributed by atoms with E-state index in [-0.39, 0.29) is 12.1 Å². The first-order valence-electron chi connectivity index (χ1n) is 10.3. The van der Waals surface area contributed by atoms with Gasteiger partial charge >= 0.3 is 0 Å². The van der Waals surface area contributed by atoms with Gasteiger partial charge in [-0.25, -0.2) is 0 Å². The Labute approximate surface area is 187 Å². The van der Waals surface area contributed by atoms with Gasteiger partial charge in [0, 0.05) is 42.2 Å². The number of nitrogens with one attached hydrogen (secondary N) is 1. The van der Waals surface area contributed by atoms with E-state index in [0.717, 1.165) is 16.5 Å². The highest BCUT2D eigenvalue weighted by Gasteiger charge is 2.41. The molecule has 31 heavy (non-hydrogen) atoms. The van der Waals surface area contributed by atoms with Crippen LogP contribution in [0.25, 0.3) is 5.69 Å². The molecule has 1 saturated heterocycles. The van der Waals surface area contributed by atoms with Crippen LogP contribution in [-0.4, -0.2) is 24.5 Å². The second-order valence-electron chi connectivity index (χ2n) is 7.68. The predicted molar refractivity (Wildman–Crippen MR) is 126 cm³/mol. The Hall–Kier alpha value is -3.51. The van der Waals surface area contributed by atoms with E-state index < -0.39 is 0 Å². The van der Waals surface area contributed by atoms with E-state index in [1.165, 1.54) is 17.0 Å². The van der Waals surface area contributed by atoms with Gasteiger partial charge in [0.2, 0.25) is 0 Å². The molecule has 1 aliphatic rings. The maximum atomic E-state index is 5.82. The number of hydrogen-bond donors (Lipinski definition) is 1. The first kappa shape index (κ1) is 19.5. The van der Waals surface area contributed by atoms with Crippen LogP contribution in [0.2, 0.25) is 0 Å². The third-order valence-electron chi connectivity index (χ3n) is 5.72. The molecule has 0 aliphatic carbocycles. The van der Waals surface area contributed by atoms with E-state index >= 15 is 0 Å². The van der Waals surface area contributed by atoms with Crippen LogP contribution in [0, 0.1) is 6.92 Å². The minimum absolute atomic E-state index is 0.00975. The molecule has 1 aromatic carbocycles. The summed E-state index contributed by atoms with van der Waals surface area (Å²) in [6.07, 6.45) is 5.48. The lowest BCUT2D eigenvalue weighted by Gasteiger charge is -2.29. The molecule has 4 heterocycles. The molecule has 0 bridgehead atoms. The van der Waals surface area contributed by atoms with Gasteiger partial charge in [0.1, 0.15) is 0 Å². The van der Waals surface area contributed by atoms with Crippen LogP contribution in [0.4, 0.5) is 0 Å². The van der Waals surface area contributed by atoms with Gasteiger partial charge in [-0.1, -0.05) is 24.3 Å². The van der Waals surface area contributed by atoms with E-state index in [1.54, 1.807) is 0 Å². The van der Waals surface area contributed by atoms with Crippen LogP contribution in [0.15, 0.2) is 91.4 Å². The summed E-state index contributed by atoms with van der Waals surface area (Å²) >= 11 is 5.82. The fourth-order valence-electron chi connectivity index (χ4n) is 4.30. The Morgan fingerprint density at radius 1 is 0.903 bits per heavy atom. The summed E-state index contributed by atoms with van der Waals surface area (Å²) in [4.78, 5) is 11.1. The Kier molecular flexibility index (Phi) is 5.22. The van der Waals surface area contributed by atoms with Crippen LogP contribution < -0.4 is 5.32 Å². The fraction of sp³-hybridized carbons (Fsp3) is 0.160. The average molecular weight is 426 g/mol. The molecule has 1 N–H and O–H groups in total. The molecule has 2 unspecified atom stereocenters. The van der Waals surface area contributed by atoms with E-state index in [1.807, 2.05) is 48.9 Å². The minimum atomic E-state index is -0.0488. The molecule has 154 valence electrons. The van der Waals surface area contributed by atoms with Crippen molar-refractivity contribution in [3.8, 4) is 5.69 Å². The number of para-hydroxylation sites is 1. The Morgan fingerprint density at radius 2 is 1.68 bits per heavy atom. The SMILES string of the molecule is Cc1ccc(C2C(c3ccccn3)NC(=S)N2Cc2ccncc2)n1-c1ccccc1. The lowest BCUT2D eigenvalue weighted by molar-refractivity contribution is 0.302. The number of pyridine rings is 2. The van der Waals surface area contributed by atoms with E-state index in [4.69, 9.17) is 12.2 Å². The quantitative estimate of drug-likeness (QED) is 0.468. The molecular weight excluding hydrogens is 402 g/mol. The summed E-state index contributed by atoms with van der Waals surface area (Å²) in [5, 5.41) is 4.28. The average Bonchev–Trinajstić information content (AvgIpc) is 3.35. The summed E-state index contributed by atoms with van der Waals surface area (Å²) in [7, 11) is 0. The second-order valence-corrected chi connectivity index (χ2v) is 8.07. The third-order valence-corrected chi connectivity index (χ3v) is 6.08. The van der Waals surface area contributed by atoms with Crippen LogP contribution in [0.5, 0.6) is 0 Å². The molecule has 3 aromatic heterocycles. The highest BCUT2D eigenvalue weighted by Crippen LogP contribution is 2.40. The molecule has 1 fully saturated rings. The van der Waals surface area contributed by atoms with Crippen LogP contribution in [0.1, 0.15) is 34.7 Å². The summed E-state index contributed by atoms with van der Waals surface area (Å²) in [5.74, 6) is 0. The smallest absolute Gasteiger partial charge is 0.170 e. The molecule has 1 aliphatic heterocycles. The zero-order valence-corrected chi connectivity index (χ0v) is 18.0. The van der Waals surface area contributed by atoms with Crippen LogP contribution in [-0.2, 0) is 6.54 Å². The second kappa shape index (κ2) is 8.32. The van der Waals surface area contributed by atoms with Gasteiger partial charge in [-0.2, -0.15) is 0 Å². The zero-order chi connectivity index (χ0) is 21.2. The van der Waals surface area contributed by atoms with Gasteiger partial charge in [-0.05, 0) is 73.2 Å². The highest BCUT2D eigenvalue weighted by atomic mass is 32.1.